The highest BCUT2D eigenvalue weighted by molar-refractivity contribution is 5.66. The maximum absolute atomic E-state index is 14.8. The monoisotopic (exact) mass is 520 g/mol. The molecule has 1 aliphatic carbocycles. The van der Waals surface area contributed by atoms with E-state index in [2.05, 4.69) is 0 Å². The van der Waals surface area contributed by atoms with E-state index in [9.17, 15) is 27.1 Å². The van der Waals surface area contributed by atoms with Gasteiger partial charge in [-0.15, -0.1) is 0 Å². The van der Waals surface area contributed by atoms with E-state index in [0.717, 1.165) is 0 Å². The molecule has 37 heavy (non-hydrogen) atoms. The second kappa shape index (κ2) is 11.6. The van der Waals surface area contributed by atoms with Gasteiger partial charge in [-0.25, -0.2) is 17.6 Å². The Kier molecular flexibility index (Phi) is 8.49. The average Bonchev–Trinajstić information content (AvgIpc) is 2.88. The molecule has 0 heterocycles. The minimum atomic E-state index is -1.18. The molecule has 0 radical (unpaired) electrons. The van der Waals surface area contributed by atoms with Gasteiger partial charge in [-0.3, -0.25) is 0 Å². The van der Waals surface area contributed by atoms with Gasteiger partial charge < -0.3 is 14.6 Å². The zero-order valence-corrected chi connectivity index (χ0v) is 20.7. The normalized spacial score (nSPS) is 18.6. The van der Waals surface area contributed by atoms with Crippen LogP contribution in [-0.4, -0.2) is 17.8 Å². The molecule has 1 aliphatic rings. The smallest absolute Gasteiger partial charge is 0.201 e. The van der Waals surface area contributed by atoms with E-state index in [-0.39, 0.29) is 47.7 Å². The number of aliphatic hydroxyl groups excluding tert-OH is 1. The van der Waals surface area contributed by atoms with Gasteiger partial charge in [0.15, 0.2) is 23.2 Å². The van der Waals surface area contributed by atoms with Crippen LogP contribution in [0.2, 0.25) is 0 Å². The SMILES string of the molecule is CCOc1ccc(-c2ccc(COC3CCC(c4ccc(C(C)O)c(F)c4F)CC3)cc2F)c(F)c1F. The summed E-state index contributed by atoms with van der Waals surface area (Å²) >= 11 is 0. The Hall–Kier alpha value is -2.97. The summed E-state index contributed by atoms with van der Waals surface area (Å²) in [5, 5.41) is 9.58. The zero-order chi connectivity index (χ0) is 26.7. The number of benzene rings is 3. The van der Waals surface area contributed by atoms with Crippen molar-refractivity contribution in [2.24, 2.45) is 0 Å². The molecule has 1 fully saturated rings. The summed E-state index contributed by atoms with van der Waals surface area (Å²) in [6, 6.07) is 9.73. The van der Waals surface area contributed by atoms with Crippen molar-refractivity contribution in [1.82, 2.24) is 0 Å². The molecule has 8 heteroatoms. The largest absolute Gasteiger partial charge is 0.491 e. The molecule has 0 spiro atoms. The van der Waals surface area contributed by atoms with E-state index in [1.54, 1.807) is 13.0 Å². The number of hydrogen-bond acceptors (Lipinski definition) is 3. The number of hydrogen-bond donors (Lipinski definition) is 1. The third-order valence-electron chi connectivity index (χ3n) is 6.86. The summed E-state index contributed by atoms with van der Waals surface area (Å²) in [6.07, 6.45) is 1.24. The first kappa shape index (κ1) is 27.1. The van der Waals surface area contributed by atoms with Gasteiger partial charge in [0.25, 0.3) is 0 Å². The molecule has 0 amide bonds. The van der Waals surface area contributed by atoms with Crippen LogP contribution < -0.4 is 4.74 Å². The van der Waals surface area contributed by atoms with Crippen molar-refractivity contribution in [3.8, 4) is 16.9 Å². The molecule has 0 aromatic heterocycles. The molecular formula is C29H29F5O3. The van der Waals surface area contributed by atoms with E-state index >= 15 is 0 Å². The first-order valence-electron chi connectivity index (χ1n) is 12.4. The molecule has 0 aliphatic heterocycles. The highest BCUT2D eigenvalue weighted by Crippen LogP contribution is 2.37. The minimum absolute atomic E-state index is 0.0630. The molecule has 1 N–H and O–H groups in total. The van der Waals surface area contributed by atoms with Crippen LogP contribution in [0, 0.1) is 29.1 Å². The van der Waals surface area contributed by atoms with Gasteiger partial charge in [-0.05, 0) is 74.8 Å². The van der Waals surface area contributed by atoms with Crippen molar-refractivity contribution in [3.05, 3.63) is 88.2 Å². The highest BCUT2D eigenvalue weighted by atomic mass is 19.2. The fourth-order valence-corrected chi connectivity index (χ4v) is 4.85. The van der Waals surface area contributed by atoms with Crippen molar-refractivity contribution in [2.45, 2.75) is 64.3 Å². The van der Waals surface area contributed by atoms with Crippen LogP contribution in [0.4, 0.5) is 22.0 Å². The van der Waals surface area contributed by atoms with Crippen molar-refractivity contribution < 1.29 is 36.5 Å². The Labute approximate surface area is 212 Å². The highest BCUT2D eigenvalue weighted by Gasteiger charge is 2.27. The first-order valence-corrected chi connectivity index (χ1v) is 12.4. The summed E-state index contributed by atoms with van der Waals surface area (Å²) < 4.78 is 83.3. The lowest BCUT2D eigenvalue weighted by atomic mass is 9.82. The Morgan fingerprint density at radius 2 is 1.54 bits per heavy atom. The molecule has 1 saturated carbocycles. The summed E-state index contributed by atoms with van der Waals surface area (Å²) in [5.41, 5.74) is 0.508. The van der Waals surface area contributed by atoms with Crippen molar-refractivity contribution >= 4 is 0 Å². The zero-order valence-electron chi connectivity index (χ0n) is 20.7. The van der Waals surface area contributed by atoms with Crippen LogP contribution in [0.3, 0.4) is 0 Å². The maximum atomic E-state index is 14.8. The second-order valence-corrected chi connectivity index (χ2v) is 9.32. The van der Waals surface area contributed by atoms with E-state index in [0.29, 0.717) is 36.8 Å². The van der Waals surface area contributed by atoms with E-state index < -0.39 is 35.2 Å². The van der Waals surface area contributed by atoms with Gasteiger partial charge in [0.2, 0.25) is 5.82 Å². The lowest BCUT2D eigenvalue weighted by Gasteiger charge is -2.29. The molecule has 3 aromatic rings. The number of rotatable bonds is 8. The average molecular weight is 521 g/mol. The quantitative estimate of drug-likeness (QED) is 0.309. The molecule has 198 valence electrons. The molecule has 1 atom stereocenters. The lowest BCUT2D eigenvalue weighted by molar-refractivity contribution is 0.0130. The van der Waals surface area contributed by atoms with Crippen molar-refractivity contribution in [1.29, 1.82) is 0 Å². The number of aliphatic hydroxyl groups is 1. The summed E-state index contributed by atoms with van der Waals surface area (Å²) in [7, 11) is 0. The van der Waals surface area contributed by atoms with Gasteiger partial charge in [-0.1, -0.05) is 24.3 Å². The third-order valence-corrected chi connectivity index (χ3v) is 6.86. The second-order valence-electron chi connectivity index (χ2n) is 9.32. The first-order chi connectivity index (χ1) is 17.7. The van der Waals surface area contributed by atoms with E-state index in [1.165, 1.54) is 43.3 Å². The van der Waals surface area contributed by atoms with Crippen LogP contribution in [-0.2, 0) is 11.3 Å². The molecule has 1 unspecified atom stereocenters. The van der Waals surface area contributed by atoms with Crippen LogP contribution >= 0.6 is 0 Å². The third kappa shape index (κ3) is 5.80. The van der Waals surface area contributed by atoms with Gasteiger partial charge in [0.1, 0.15) is 5.82 Å². The standard InChI is InChI=1S/C29H29F5O3/c1-3-36-25-13-12-23(28(33)29(25)34)22-9-4-17(14-24(22)30)15-37-19-7-5-18(6-8-19)21-11-10-20(16(2)35)26(31)27(21)32/h4,9-14,16,18-19,35H,3,5-8,15H2,1-2H3. The molecule has 3 nitrogen and oxygen atoms in total. The minimum Gasteiger partial charge on any atom is -0.491 e. The fraction of sp³-hybridized carbons (Fsp3) is 0.379. The Morgan fingerprint density at radius 3 is 2.19 bits per heavy atom. The predicted octanol–water partition coefficient (Wildman–Crippen LogP) is 7.74. The van der Waals surface area contributed by atoms with E-state index in [4.69, 9.17) is 9.47 Å². The lowest BCUT2D eigenvalue weighted by Crippen LogP contribution is -2.21. The Bertz CT molecular complexity index is 1250. The fourth-order valence-electron chi connectivity index (χ4n) is 4.85. The summed E-state index contributed by atoms with van der Waals surface area (Å²) in [6.45, 7) is 3.33. The Morgan fingerprint density at radius 1 is 0.838 bits per heavy atom. The van der Waals surface area contributed by atoms with Crippen LogP contribution in [0.25, 0.3) is 11.1 Å². The van der Waals surface area contributed by atoms with Crippen LogP contribution in [0.5, 0.6) is 5.75 Å². The number of ether oxygens (including phenoxy) is 2. The van der Waals surface area contributed by atoms with Crippen LogP contribution in [0.15, 0.2) is 42.5 Å². The molecule has 3 aromatic carbocycles. The summed E-state index contributed by atoms with van der Waals surface area (Å²) in [5.74, 6) is -5.35. The summed E-state index contributed by atoms with van der Waals surface area (Å²) in [4.78, 5) is 0. The van der Waals surface area contributed by atoms with Crippen LogP contribution in [0.1, 0.15) is 68.2 Å². The van der Waals surface area contributed by atoms with E-state index in [1.807, 2.05) is 0 Å². The Balaban J connectivity index is 1.36. The predicted molar refractivity (Wildman–Crippen MR) is 130 cm³/mol. The molecule has 4 rings (SSSR count). The number of halogens is 5. The maximum Gasteiger partial charge on any atom is 0.201 e. The van der Waals surface area contributed by atoms with Gasteiger partial charge in [-0.2, -0.15) is 4.39 Å². The molecular weight excluding hydrogens is 491 g/mol. The van der Waals surface area contributed by atoms with Crippen molar-refractivity contribution in [2.75, 3.05) is 6.61 Å². The molecule has 0 bridgehead atoms. The molecule has 0 saturated heterocycles. The van der Waals surface area contributed by atoms with Crippen molar-refractivity contribution in [3.63, 3.8) is 0 Å². The van der Waals surface area contributed by atoms with Gasteiger partial charge in [0, 0.05) is 16.7 Å². The van der Waals surface area contributed by atoms with Gasteiger partial charge in [0.05, 0.1) is 25.4 Å². The van der Waals surface area contributed by atoms with Gasteiger partial charge >= 0.3 is 0 Å². The topological polar surface area (TPSA) is 38.7 Å².